The lowest BCUT2D eigenvalue weighted by Crippen LogP contribution is -2.52. The molecule has 0 radical (unpaired) electrons. The summed E-state index contributed by atoms with van der Waals surface area (Å²) in [6.45, 7) is 3.70. The van der Waals surface area contributed by atoms with E-state index >= 15 is 0 Å². The molecule has 1 aliphatic carbocycles. The average Bonchev–Trinajstić information content (AvgIpc) is 2.49. The third-order valence-corrected chi connectivity index (χ3v) is 4.10. The van der Waals surface area contributed by atoms with Gasteiger partial charge in [-0.25, -0.2) is 9.59 Å². The summed E-state index contributed by atoms with van der Waals surface area (Å²) in [5.41, 5.74) is 0.545. The quantitative estimate of drug-likeness (QED) is 0.806. The second kappa shape index (κ2) is 7.46. The molecule has 6 nitrogen and oxygen atoms in total. The molecule has 0 aliphatic heterocycles. The minimum absolute atomic E-state index is 0.0893. The molecule has 0 saturated heterocycles. The smallest absolute Gasteiger partial charge is 0.408 e. The zero-order chi connectivity index (χ0) is 16.9. The van der Waals surface area contributed by atoms with Gasteiger partial charge >= 0.3 is 12.1 Å². The van der Waals surface area contributed by atoms with Gasteiger partial charge in [-0.1, -0.05) is 30.3 Å². The van der Waals surface area contributed by atoms with E-state index in [1.807, 2.05) is 37.3 Å². The first-order chi connectivity index (χ1) is 10.9. The summed E-state index contributed by atoms with van der Waals surface area (Å²) in [7, 11) is 0. The normalized spacial score (nSPS) is 18.3. The summed E-state index contributed by atoms with van der Waals surface area (Å²) >= 11 is 0. The van der Waals surface area contributed by atoms with Crippen LogP contribution in [0.25, 0.3) is 0 Å². The lowest BCUT2D eigenvalue weighted by molar-refractivity contribution is -0.157. The van der Waals surface area contributed by atoms with Gasteiger partial charge in [-0.15, -0.1) is 0 Å². The molecule has 2 atom stereocenters. The molecule has 6 heteroatoms. The van der Waals surface area contributed by atoms with Crippen molar-refractivity contribution in [1.82, 2.24) is 5.32 Å². The highest BCUT2D eigenvalue weighted by Crippen LogP contribution is 2.36. The van der Waals surface area contributed by atoms with E-state index in [0.29, 0.717) is 0 Å². The number of alkyl carbamates (subject to hydrolysis) is 1. The SMILES string of the molecule is C[C@@H](OC1(C)CCC1)[C@H](NC(=O)OCc1ccccc1)C(=O)O. The molecule has 1 aromatic rings. The summed E-state index contributed by atoms with van der Waals surface area (Å²) in [4.78, 5) is 23.2. The van der Waals surface area contributed by atoms with Crippen molar-refractivity contribution < 1.29 is 24.2 Å². The predicted octanol–water partition coefficient (Wildman–Crippen LogP) is 2.71. The molecule has 1 fully saturated rings. The van der Waals surface area contributed by atoms with Gasteiger partial charge in [0.1, 0.15) is 6.61 Å². The minimum atomic E-state index is -1.14. The van der Waals surface area contributed by atoms with Crippen molar-refractivity contribution in [2.24, 2.45) is 0 Å². The van der Waals surface area contributed by atoms with Crippen molar-refractivity contribution in [3.63, 3.8) is 0 Å². The molecule has 0 spiro atoms. The topological polar surface area (TPSA) is 84.9 Å². The molecule has 1 saturated carbocycles. The van der Waals surface area contributed by atoms with Crippen LogP contribution in [0.5, 0.6) is 0 Å². The second-order valence-corrected chi connectivity index (χ2v) is 6.15. The lowest BCUT2D eigenvalue weighted by Gasteiger charge is -2.41. The third kappa shape index (κ3) is 4.96. The molecule has 1 aliphatic rings. The van der Waals surface area contributed by atoms with Crippen LogP contribution in [0.2, 0.25) is 0 Å². The Morgan fingerprint density at radius 3 is 2.48 bits per heavy atom. The zero-order valence-corrected chi connectivity index (χ0v) is 13.5. The fourth-order valence-electron chi connectivity index (χ4n) is 2.58. The van der Waals surface area contributed by atoms with Gasteiger partial charge in [-0.05, 0) is 38.7 Å². The Hall–Kier alpha value is -2.08. The number of rotatable bonds is 7. The molecule has 126 valence electrons. The van der Waals surface area contributed by atoms with E-state index < -0.39 is 24.2 Å². The van der Waals surface area contributed by atoms with Crippen molar-refractivity contribution in [1.29, 1.82) is 0 Å². The van der Waals surface area contributed by atoms with E-state index in [9.17, 15) is 14.7 Å². The summed E-state index contributed by atoms with van der Waals surface area (Å²) in [5, 5.41) is 11.7. The summed E-state index contributed by atoms with van der Waals surface area (Å²) < 4.78 is 10.9. The molecule has 0 bridgehead atoms. The van der Waals surface area contributed by atoms with Crippen molar-refractivity contribution in [3.05, 3.63) is 35.9 Å². The van der Waals surface area contributed by atoms with Gasteiger partial charge in [0, 0.05) is 0 Å². The van der Waals surface area contributed by atoms with Crippen LogP contribution in [-0.4, -0.2) is 34.9 Å². The molecular weight excluding hydrogens is 298 g/mol. The summed E-state index contributed by atoms with van der Waals surface area (Å²) in [5.74, 6) is -1.14. The minimum Gasteiger partial charge on any atom is -0.480 e. The number of hydrogen-bond acceptors (Lipinski definition) is 4. The number of hydrogen-bond donors (Lipinski definition) is 2. The van der Waals surface area contributed by atoms with E-state index in [4.69, 9.17) is 9.47 Å². The zero-order valence-electron chi connectivity index (χ0n) is 13.5. The number of aliphatic carboxylic acids is 1. The Morgan fingerprint density at radius 2 is 1.96 bits per heavy atom. The number of carboxylic acids is 1. The second-order valence-electron chi connectivity index (χ2n) is 6.15. The van der Waals surface area contributed by atoms with Crippen LogP contribution in [0.3, 0.4) is 0 Å². The van der Waals surface area contributed by atoms with Gasteiger partial charge < -0.3 is 19.9 Å². The van der Waals surface area contributed by atoms with Crippen LogP contribution in [0.15, 0.2) is 30.3 Å². The Labute approximate surface area is 135 Å². The van der Waals surface area contributed by atoms with Crippen LogP contribution in [-0.2, 0) is 20.9 Å². The largest absolute Gasteiger partial charge is 0.480 e. The average molecular weight is 321 g/mol. The van der Waals surface area contributed by atoms with Gasteiger partial charge in [0.2, 0.25) is 0 Å². The van der Waals surface area contributed by atoms with Gasteiger partial charge in [0.05, 0.1) is 11.7 Å². The molecule has 23 heavy (non-hydrogen) atoms. The predicted molar refractivity (Wildman–Crippen MR) is 84.0 cm³/mol. The maximum atomic E-state index is 11.8. The van der Waals surface area contributed by atoms with Crippen LogP contribution in [0.1, 0.15) is 38.7 Å². The molecule has 1 aromatic carbocycles. The van der Waals surface area contributed by atoms with Gasteiger partial charge in [0.25, 0.3) is 0 Å². The van der Waals surface area contributed by atoms with Crippen LogP contribution < -0.4 is 5.32 Å². The Kier molecular flexibility index (Phi) is 5.60. The lowest BCUT2D eigenvalue weighted by atomic mass is 9.81. The first kappa shape index (κ1) is 17.3. The maximum absolute atomic E-state index is 11.8. The number of carboxylic acid groups (broad SMARTS) is 1. The van der Waals surface area contributed by atoms with E-state index in [0.717, 1.165) is 24.8 Å². The molecule has 0 aromatic heterocycles. The summed E-state index contributed by atoms with van der Waals surface area (Å²) in [6.07, 6.45) is 1.48. The number of ether oxygens (including phenoxy) is 2. The number of carbonyl (C=O) groups is 2. The Balaban J connectivity index is 1.85. The van der Waals surface area contributed by atoms with Crippen LogP contribution in [0.4, 0.5) is 4.79 Å². The molecular formula is C17H23NO5. The standard InChI is InChI=1S/C17H23NO5/c1-12(23-17(2)9-6-10-17)14(15(19)20)18-16(21)22-11-13-7-4-3-5-8-13/h3-5,7-8,12,14H,6,9-11H2,1-2H3,(H,18,21)(H,19,20)/t12-,14+/m1/s1. The highest BCUT2D eigenvalue weighted by Gasteiger charge is 2.38. The molecule has 0 unspecified atom stereocenters. The van der Waals surface area contributed by atoms with Crippen LogP contribution in [0, 0.1) is 0 Å². The number of carbonyl (C=O) groups excluding carboxylic acids is 1. The highest BCUT2D eigenvalue weighted by atomic mass is 16.6. The monoisotopic (exact) mass is 321 g/mol. The van der Waals surface area contributed by atoms with E-state index in [1.54, 1.807) is 6.92 Å². The number of nitrogens with one attached hydrogen (secondary N) is 1. The van der Waals surface area contributed by atoms with Crippen molar-refractivity contribution >= 4 is 12.1 Å². The number of amides is 1. The third-order valence-electron chi connectivity index (χ3n) is 4.10. The Morgan fingerprint density at radius 1 is 1.30 bits per heavy atom. The first-order valence-corrected chi connectivity index (χ1v) is 7.77. The fourth-order valence-corrected chi connectivity index (χ4v) is 2.58. The van der Waals surface area contributed by atoms with Crippen molar-refractivity contribution in [2.75, 3.05) is 0 Å². The van der Waals surface area contributed by atoms with Gasteiger partial charge in [-0.2, -0.15) is 0 Å². The van der Waals surface area contributed by atoms with E-state index in [1.165, 1.54) is 0 Å². The van der Waals surface area contributed by atoms with Crippen molar-refractivity contribution in [3.8, 4) is 0 Å². The molecule has 2 N–H and O–H groups in total. The van der Waals surface area contributed by atoms with Gasteiger partial charge in [0.15, 0.2) is 6.04 Å². The van der Waals surface area contributed by atoms with E-state index in [2.05, 4.69) is 5.32 Å². The number of benzene rings is 1. The Bertz CT molecular complexity index is 541. The molecule has 1 amide bonds. The summed E-state index contributed by atoms with van der Waals surface area (Å²) in [6, 6.07) is 8.05. The first-order valence-electron chi connectivity index (χ1n) is 7.77. The molecule has 2 rings (SSSR count). The maximum Gasteiger partial charge on any atom is 0.408 e. The van der Waals surface area contributed by atoms with E-state index in [-0.39, 0.29) is 12.2 Å². The van der Waals surface area contributed by atoms with Crippen molar-refractivity contribution in [2.45, 2.75) is 57.5 Å². The van der Waals surface area contributed by atoms with Gasteiger partial charge in [-0.3, -0.25) is 0 Å². The fraction of sp³-hybridized carbons (Fsp3) is 0.529. The highest BCUT2D eigenvalue weighted by molar-refractivity contribution is 5.80. The van der Waals surface area contributed by atoms with Crippen LogP contribution >= 0.6 is 0 Å². The molecule has 0 heterocycles.